The summed E-state index contributed by atoms with van der Waals surface area (Å²) in [5, 5.41) is 17.2. The van der Waals surface area contributed by atoms with Crippen molar-refractivity contribution in [1.29, 1.82) is 0 Å². The zero-order valence-electron chi connectivity index (χ0n) is 10.5. The summed E-state index contributed by atoms with van der Waals surface area (Å²) in [7, 11) is 0. The van der Waals surface area contributed by atoms with Crippen LogP contribution in [0, 0.1) is 5.92 Å². The number of hydrogen-bond donors (Lipinski definition) is 4. The molecule has 0 saturated heterocycles. The van der Waals surface area contributed by atoms with Gasteiger partial charge in [0.1, 0.15) is 0 Å². The maximum absolute atomic E-state index is 11.8. The van der Waals surface area contributed by atoms with Crippen LogP contribution in [0.4, 0.5) is 4.79 Å². The van der Waals surface area contributed by atoms with Gasteiger partial charge in [-0.1, -0.05) is 35.5 Å². The van der Waals surface area contributed by atoms with E-state index >= 15 is 0 Å². The van der Waals surface area contributed by atoms with Gasteiger partial charge in [0.15, 0.2) is 5.84 Å². The van der Waals surface area contributed by atoms with Crippen LogP contribution in [0.2, 0.25) is 0 Å². The molecular formula is C13H18N4O2. The number of urea groups is 1. The minimum Gasteiger partial charge on any atom is -0.409 e. The van der Waals surface area contributed by atoms with E-state index < -0.39 is 0 Å². The molecule has 5 N–H and O–H groups in total. The van der Waals surface area contributed by atoms with E-state index in [-0.39, 0.29) is 23.8 Å². The Bertz CT molecular complexity index is 457. The van der Waals surface area contributed by atoms with Gasteiger partial charge < -0.3 is 21.6 Å². The van der Waals surface area contributed by atoms with Gasteiger partial charge in [0, 0.05) is 6.54 Å². The summed E-state index contributed by atoms with van der Waals surface area (Å²) in [6.07, 6.45) is 1.97. The molecule has 1 saturated carbocycles. The molecule has 1 atom stereocenters. The average Bonchev–Trinajstić information content (AvgIpc) is 3.27. The highest BCUT2D eigenvalue weighted by Crippen LogP contribution is 2.32. The lowest BCUT2D eigenvalue weighted by Gasteiger charge is -2.17. The maximum atomic E-state index is 11.8. The van der Waals surface area contributed by atoms with E-state index in [1.165, 1.54) is 0 Å². The van der Waals surface area contributed by atoms with Crippen molar-refractivity contribution < 1.29 is 10.0 Å². The highest BCUT2D eigenvalue weighted by Gasteiger charge is 2.35. The molecule has 0 aromatic heterocycles. The molecule has 1 aromatic rings. The summed E-state index contributed by atoms with van der Waals surface area (Å²) in [5.74, 6) is 0.329. The van der Waals surface area contributed by atoms with E-state index in [0.29, 0.717) is 6.54 Å². The van der Waals surface area contributed by atoms with Crippen molar-refractivity contribution in [2.45, 2.75) is 25.4 Å². The Morgan fingerprint density at radius 1 is 1.42 bits per heavy atom. The molecule has 2 rings (SSSR count). The van der Waals surface area contributed by atoms with E-state index in [1.54, 1.807) is 0 Å². The summed E-state index contributed by atoms with van der Waals surface area (Å²) in [6.45, 7) is 0.445. The Balaban J connectivity index is 1.83. The van der Waals surface area contributed by atoms with E-state index in [1.807, 2.05) is 30.3 Å². The number of oxime groups is 1. The monoisotopic (exact) mass is 262 g/mol. The molecule has 1 aliphatic rings. The minimum absolute atomic E-state index is 0.0531. The first-order valence-electron chi connectivity index (χ1n) is 6.26. The van der Waals surface area contributed by atoms with Crippen LogP contribution in [0.25, 0.3) is 0 Å². The van der Waals surface area contributed by atoms with Gasteiger partial charge in [-0.3, -0.25) is 0 Å². The van der Waals surface area contributed by atoms with Gasteiger partial charge in [-0.15, -0.1) is 0 Å². The van der Waals surface area contributed by atoms with Crippen LogP contribution in [-0.2, 0) is 6.54 Å². The number of carbonyl (C=O) groups is 1. The molecule has 0 aliphatic heterocycles. The van der Waals surface area contributed by atoms with Crippen molar-refractivity contribution >= 4 is 11.9 Å². The predicted molar refractivity (Wildman–Crippen MR) is 71.7 cm³/mol. The van der Waals surface area contributed by atoms with Crippen molar-refractivity contribution in [3.05, 3.63) is 35.9 Å². The molecule has 0 spiro atoms. The zero-order chi connectivity index (χ0) is 13.7. The molecule has 0 radical (unpaired) electrons. The van der Waals surface area contributed by atoms with Crippen molar-refractivity contribution in [3.63, 3.8) is 0 Å². The van der Waals surface area contributed by atoms with Gasteiger partial charge in [-0.25, -0.2) is 4.79 Å². The number of rotatable bonds is 5. The molecule has 1 aliphatic carbocycles. The molecule has 1 aromatic carbocycles. The standard InChI is InChI=1S/C13H18N4O2/c14-12(17-19)11(10-6-7-10)16-13(18)15-8-9-4-2-1-3-5-9/h1-5,10-11,19H,6-8H2,(H2,14,17)(H2,15,16,18). The Morgan fingerprint density at radius 2 is 2.11 bits per heavy atom. The Hall–Kier alpha value is -2.24. The molecule has 2 amide bonds. The fraction of sp³-hybridized carbons (Fsp3) is 0.385. The van der Waals surface area contributed by atoms with Crippen LogP contribution in [0.5, 0.6) is 0 Å². The van der Waals surface area contributed by atoms with Crippen molar-refractivity contribution in [1.82, 2.24) is 10.6 Å². The number of amides is 2. The highest BCUT2D eigenvalue weighted by molar-refractivity contribution is 5.90. The third-order valence-electron chi connectivity index (χ3n) is 3.11. The molecule has 0 heterocycles. The number of hydrogen-bond acceptors (Lipinski definition) is 3. The molecule has 6 heteroatoms. The van der Waals surface area contributed by atoms with Gasteiger partial charge >= 0.3 is 6.03 Å². The summed E-state index contributed by atoms with van der Waals surface area (Å²) in [5.41, 5.74) is 6.59. The number of nitrogens with two attached hydrogens (primary N) is 1. The summed E-state index contributed by atoms with van der Waals surface area (Å²) < 4.78 is 0. The molecule has 0 bridgehead atoms. The van der Waals surface area contributed by atoms with Crippen LogP contribution in [-0.4, -0.2) is 23.1 Å². The van der Waals surface area contributed by atoms with Gasteiger partial charge in [0.05, 0.1) is 6.04 Å². The Labute approximate surface area is 111 Å². The topological polar surface area (TPSA) is 99.7 Å². The molecule has 19 heavy (non-hydrogen) atoms. The number of nitrogens with one attached hydrogen (secondary N) is 2. The normalized spacial score (nSPS) is 16.7. The van der Waals surface area contributed by atoms with Gasteiger partial charge in [0.2, 0.25) is 0 Å². The van der Waals surface area contributed by atoms with Crippen LogP contribution < -0.4 is 16.4 Å². The van der Waals surface area contributed by atoms with E-state index in [0.717, 1.165) is 18.4 Å². The largest absolute Gasteiger partial charge is 0.409 e. The predicted octanol–water partition coefficient (Wildman–Crippen LogP) is 1.01. The molecule has 1 fully saturated rings. The van der Waals surface area contributed by atoms with E-state index in [9.17, 15) is 4.79 Å². The van der Waals surface area contributed by atoms with Crippen molar-refractivity contribution in [2.75, 3.05) is 0 Å². The summed E-state index contributed by atoms with van der Waals surface area (Å²) >= 11 is 0. The second-order valence-corrected chi connectivity index (χ2v) is 4.65. The SMILES string of the molecule is N/C(=N/O)C(NC(=O)NCc1ccccc1)C1CC1. The van der Waals surface area contributed by atoms with E-state index in [4.69, 9.17) is 10.9 Å². The van der Waals surface area contributed by atoms with Crippen LogP contribution in [0.1, 0.15) is 18.4 Å². The third kappa shape index (κ3) is 3.87. The second-order valence-electron chi connectivity index (χ2n) is 4.65. The minimum atomic E-state index is -0.388. The summed E-state index contributed by atoms with van der Waals surface area (Å²) in [4.78, 5) is 11.8. The Morgan fingerprint density at radius 3 is 2.68 bits per heavy atom. The fourth-order valence-electron chi connectivity index (χ4n) is 1.90. The van der Waals surface area contributed by atoms with Crippen LogP contribution in [0.3, 0.4) is 0 Å². The first-order valence-corrected chi connectivity index (χ1v) is 6.26. The van der Waals surface area contributed by atoms with Gasteiger partial charge in [-0.05, 0) is 24.3 Å². The maximum Gasteiger partial charge on any atom is 0.315 e. The average molecular weight is 262 g/mol. The Kier molecular flexibility index (Phi) is 4.22. The quantitative estimate of drug-likeness (QED) is 0.276. The number of nitrogens with zero attached hydrogens (tertiary/aromatic N) is 1. The van der Waals surface area contributed by atoms with Gasteiger partial charge in [-0.2, -0.15) is 0 Å². The number of amidine groups is 1. The van der Waals surface area contributed by atoms with E-state index in [2.05, 4.69) is 15.8 Å². The number of carbonyl (C=O) groups excluding carboxylic acids is 1. The lowest BCUT2D eigenvalue weighted by Crippen LogP contribution is -2.49. The lowest BCUT2D eigenvalue weighted by molar-refractivity contribution is 0.237. The fourth-order valence-corrected chi connectivity index (χ4v) is 1.90. The highest BCUT2D eigenvalue weighted by atomic mass is 16.4. The van der Waals surface area contributed by atoms with Gasteiger partial charge in [0.25, 0.3) is 0 Å². The smallest absolute Gasteiger partial charge is 0.315 e. The van der Waals surface area contributed by atoms with Crippen LogP contribution >= 0.6 is 0 Å². The number of benzene rings is 1. The summed E-state index contributed by atoms with van der Waals surface area (Å²) in [6, 6.07) is 8.92. The molecule has 1 unspecified atom stereocenters. The molecule has 6 nitrogen and oxygen atoms in total. The zero-order valence-corrected chi connectivity index (χ0v) is 10.5. The molecule has 102 valence electrons. The first-order chi connectivity index (χ1) is 9.20. The van der Waals surface area contributed by atoms with Crippen molar-refractivity contribution in [2.24, 2.45) is 16.8 Å². The van der Waals surface area contributed by atoms with Crippen LogP contribution in [0.15, 0.2) is 35.5 Å². The molecular weight excluding hydrogens is 244 g/mol. The second kappa shape index (κ2) is 6.08. The third-order valence-corrected chi connectivity index (χ3v) is 3.11. The first kappa shape index (κ1) is 13.2. The van der Waals surface area contributed by atoms with Crippen molar-refractivity contribution in [3.8, 4) is 0 Å². The lowest BCUT2D eigenvalue weighted by atomic mass is 10.1.